The number of rotatable bonds is 5. The molecule has 35 heavy (non-hydrogen) atoms. The second kappa shape index (κ2) is 10.2. The van der Waals surface area contributed by atoms with Crippen LogP contribution in [0, 0.1) is 5.82 Å². The third kappa shape index (κ3) is 4.82. The molecule has 3 atom stereocenters. The van der Waals surface area contributed by atoms with Crippen LogP contribution in [0.15, 0.2) is 72.8 Å². The van der Waals surface area contributed by atoms with Gasteiger partial charge in [-0.25, -0.2) is 9.18 Å². The van der Waals surface area contributed by atoms with Crippen LogP contribution >= 0.6 is 15.9 Å². The van der Waals surface area contributed by atoms with Crippen LogP contribution in [0.4, 0.5) is 9.18 Å². The number of nitrogens with zero attached hydrogens (tertiary/aromatic N) is 1. The molecule has 2 amide bonds. The average molecular weight is 537 g/mol. The Hall–Kier alpha value is -3.19. The van der Waals surface area contributed by atoms with E-state index in [1.807, 2.05) is 53.4 Å². The molecular weight excluding hydrogens is 511 g/mol. The van der Waals surface area contributed by atoms with Crippen molar-refractivity contribution in [3.05, 3.63) is 106 Å². The first kappa shape index (κ1) is 23.5. The second-order valence-corrected chi connectivity index (χ2v) is 9.60. The molecule has 1 aliphatic carbocycles. The molecule has 2 aliphatic rings. The highest BCUT2D eigenvalue weighted by Crippen LogP contribution is 2.51. The molecule has 1 saturated heterocycles. The molecule has 7 heteroatoms. The Morgan fingerprint density at radius 3 is 2.54 bits per heavy atom. The lowest BCUT2D eigenvalue weighted by Crippen LogP contribution is -2.45. The van der Waals surface area contributed by atoms with Gasteiger partial charge in [-0.1, -0.05) is 76.6 Å². The van der Waals surface area contributed by atoms with Crippen LogP contribution in [0.25, 0.3) is 0 Å². The molecule has 5 rings (SSSR count). The quantitative estimate of drug-likeness (QED) is 0.439. The fourth-order valence-electron chi connectivity index (χ4n) is 5.47. The Bertz CT molecular complexity index is 1240. The third-order valence-corrected chi connectivity index (χ3v) is 7.44. The zero-order valence-corrected chi connectivity index (χ0v) is 20.7. The van der Waals surface area contributed by atoms with Gasteiger partial charge in [-0.15, -0.1) is 0 Å². The van der Waals surface area contributed by atoms with E-state index in [2.05, 4.69) is 33.4 Å². The number of benzene rings is 3. The monoisotopic (exact) mass is 536 g/mol. The van der Waals surface area contributed by atoms with E-state index in [4.69, 9.17) is 4.74 Å². The number of hydrogen-bond acceptors (Lipinski definition) is 3. The number of carbonyl (C=O) groups is 2. The van der Waals surface area contributed by atoms with E-state index in [9.17, 15) is 14.0 Å². The van der Waals surface area contributed by atoms with Crippen molar-refractivity contribution in [1.29, 1.82) is 0 Å². The van der Waals surface area contributed by atoms with Gasteiger partial charge < -0.3 is 15.0 Å². The lowest BCUT2D eigenvalue weighted by atomic mass is 9.86. The minimum absolute atomic E-state index is 0.00406. The number of hydrogen-bond donors (Lipinski definition) is 1. The Morgan fingerprint density at radius 1 is 1.00 bits per heavy atom. The van der Waals surface area contributed by atoms with Crippen LogP contribution in [0.2, 0.25) is 0 Å². The summed E-state index contributed by atoms with van der Waals surface area (Å²) in [7, 11) is 0. The van der Waals surface area contributed by atoms with Crippen molar-refractivity contribution >= 4 is 27.9 Å². The Kier molecular flexibility index (Phi) is 6.86. The maximum Gasteiger partial charge on any atom is 0.407 e. The van der Waals surface area contributed by atoms with E-state index >= 15 is 0 Å². The number of alkyl carbamates (subject to hydrolysis) is 1. The molecule has 1 heterocycles. The fourth-order valence-corrected chi connectivity index (χ4v) is 5.76. The van der Waals surface area contributed by atoms with E-state index in [1.165, 1.54) is 17.2 Å². The predicted molar refractivity (Wildman–Crippen MR) is 135 cm³/mol. The summed E-state index contributed by atoms with van der Waals surface area (Å²) >= 11 is 3.33. The van der Waals surface area contributed by atoms with Gasteiger partial charge in [0.25, 0.3) is 0 Å². The molecule has 3 aromatic rings. The Morgan fingerprint density at radius 2 is 1.74 bits per heavy atom. The number of nitrogens with one attached hydrogen (secondary N) is 1. The highest BCUT2D eigenvalue weighted by atomic mass is 79.9. The van der Waals surface area contributed by atoms with E-state index in [1.54, 1.807) is 6.07 Å². The lowest BCUT2D eigenvalue weighted by molar-refractivity contribution is -0.131. The predicted octanol–water partition coefficient (Wildman–Crippen LogP) is 5.48. The topological polar surface area (TPSA) is 58.6 Å². The number of amides is 2. The molecule has 0 radical (unpaired) electrons. The molecule has 1 N–H and O–H groups in total. The van der Waals surface area contributed by atoms with Crippen molar-refractivity contribution in [3.8, 4) is 0 Å². The molecule has 0 saturated carbocycles. The van der Waals surface area contributed by atoms with Gasteiger partial charge in [-0.05, 0) is 52.8 Å². The van der Waals surface area contributed by atoms with Gasteiger partial charge in [-0.2, -0.15) is 0 Å². The Balaban J connectivity index is 1.41. The molecular formula is C28H26BrFN2O3. The van der Waals surface area contributed by atoms with E-state index in [-0.39, 0.29) is 48.2 Å². The number of alkyl halides is 1. The summed E-state index contributed by atoms with van der Waals surface area (Å²) in [5.74, 6) is -0.397. The van der Waals surface area contributed by atoms with Gasteiger partial charge in [0.15, 0.2) is 0 Å². The number of fused-ring (bicyclic) bond motifs is 5. The zero-order valence-electron chi connectivity index (χ0n) is 19.1. The van der Waals surface area contributed by atoms with Gasteiger partial charge in [0.1, 0.15) is 12.4 Å². The van der Waals surface area contributed by atoms with E-state index in [0.717, 1.165) is 16.7 Å². The summed E-state index contributed by atoms with van der Waals surface area (Å²) in [5, 5.41) is 2.99. The van der Waals surface area contributed by atoms with Crippen LogP contribution in [0.1, 0.15) is 46.2 Å². The number of likely N-dealkylation sites (tertiary alicyclic amines) is 1. The van der Waals surface area contributed by atoms with Crippen molar-refractivity contribution in [2.45, 2.75) is 37.5 Å². The second-order valence-electron chi connectivity index (χ2n) is 9.04. The van der Waals surface area contributed by atoms with Gasteiger partial charge in [0.05, 0.1) is 17.4 Å². The first-order valence-electron chi connectivity index (χ1n) is 11.7. The van der Waals surface area contributed by atoms with Crippen molar-refractivity contribution in [2.75, 3.05) is 11.9 Å². The lowest BCUT2D eigenvalue weighted by Gasteiger charge is -2.32. The molecule has 1 fully saturated rings. The molecule has 0 spiro atoms. The molecule has 0 aromatic heterocycles. The normalized spacial score (nSPS) is 20.3. The standard InChI is InChI=1S/C28H26BrFN2O3/c29-15-26(33)32-22(16-31-28(34)35-17-18-6-2-1-3-7-18)14-25-23-9-5-4-8-19(23)12-20-10-11-21(30)13-24(20)27(25)32/h1-11,13,22,25,27H,12,14-17H2,(H,31,34)/t22-,25+,27+/m0/s1. The van der Waals surface area contributed by atoms with Crippen LogP contribution in [-0.2, 0) is 22.6 Å². The summed E-state index contributed by atoms with van der Waals surface area (Å²) in [6, 6.07) is 22.0. The first-order valence-corrected chi connectivity index (χ1v) is 12.8. The smallest absolute Gasteiger partial charge is 0.407 e. The van der Waals surface area contributed by atoms with Crippen LogP contribution in [0.5, 0.6) is 0 Å². The van der Waals surface area contributed by atoms with Crippen LogP contribution in [0.3, 0.4) is 0 Å². The summed E-state index contributed by atoms with van der Waals surface area (Å²) in [6.45, 7) is 0.429. The fraction of sp³-hybridized carbons (Fsp3) is 0.286. The maximum absolute atomic E-state index is 14.4. The summed E-state index contributed by atoms with van der Waals surface area (Å²) in [6.07, 6.45) is 0.832. The van der Waals surface area contributed by atoms with Crippen molar-refractivity contribution < 1.29 is 18.7 Å². The van der Waals surface area contributed by atoms with Crippen molar-refractivity contribution in [3.63, 3.8) is 0 Å². The highest BCUT2D eigenvalue weighted by Gasteiger charge is 2.47. The van der Waals surface area contributed by atoms with Gasteiger partial charge >= 0.3 is 6.09 Å². The first-order chi connectivity index (χ1) is 17.0. The summed E-state index contributed by atoms with van der Waals surface area (Å²) < 4.78 is 19.8. The number of halogens is 2. The molecule has 180 valence electrons. The largest absolute Gasteiger partial charge is 0.445 e. The minimum Gasteiger partial charge on any atom is -0.445 e. The number of carbonyl (C=O) groups excluding carboxylic acids is 2. The summed E-state index contributed by atoms with van der Waals surface area (Å²) in [4.78, 5) is 27.5. The van der Waals surface area contributed by atoms with Gasteiger partial charge in [0.2, 0.25) is 5.91 Å². The SMILES string of the molecule is O=C(NC[C@@H]1C[C@@H]2c3ccccc3Cc3ccc(F)cc3[C@H]2N1C(=O)CBr)OCc1ccccc1. The van der Waals surface area contributed by atoms with E-state index < -0.39 is 6.09 Å². The Labute approximate surface area is 212 Å². The maximum atomic E-state index is 14.4. The molecule has 0 unspecified atom stereocenters. The summed E-state index contributed by atoms with van der Waals surface area (Å²) in [5.41, 5.74) is 5.13. The van der Waals surface area contributed by atoms with Gasteiger partial charge in [-0.3, -0.25) is 4.79 Å². The molecule has 3 aromatic carbocycles. The minimum atomic E-state index is -0.529. The molecule has 0 bridgehead atoms. The van der Waals surface area contributed by atoms with Crippen molar-refractivity contribution in [1.82, 2.24) is 10.2 Å². The number of ether oxygens (including phenoxy) is 1. The molecule has 1 aliphatic heterocycles. The van der Waals surface area contributed by atoms with Crippen LogP contribution in [-0.4, -0.2) is 34.8 Å². The van der Waals surface area contributed by atoms with Crippen molar-refractivity contribution in [2.24, 2.45) is 0 Å². The van der Waals surface area contributed by atoms with Gasteiger partial charge in [0, 0.05) is 12.5 Å². The molecule has 5 nitrogen and oxygen atoms in total. The third-order valence-electron chi connectivity index (χ3n) is 6.96. The van der Waals surface area contributed by atoms with E-state index in [0.29, 0.717) is 12.8 Å². The zero-order chi connectivity index (χ0) is 24.4. The van der Waals surface area contributed by atoms with Crippen LogP contribution < -0.4 is 5.32 Å². The average Bonchev–Trinajstić information content (AvgIpc) is 3.21. The highest BCUT2D eigenvalue weighted by molar-refractivity contribution is 9.09.